The van der Waals surface area contributed by atoms with Gasteiger partial charge in [-0.2, -0.15) is 0 Å². The van der Waals surface area contributed by atoms with Gasteiger partial charge in [0.25, 0.3) is 5.56 Å². The van der Waals surface area contributed by atoms with Crippen molar-refractivity contribution in [3.05, 3.63) is 70.4 Å². The van der Waals surface area contributed by atoms with E-state index in [1.165, 1.54) is 15.9 Å². The Labute approximate surface area is 175 Å². The number of pyridine rings is 1. The summed E-state index contributed by atoms with van der Waals surface area (Å²) >= 11 is 7.39. The number of aliphatic hydroxyl groups is 1. The first kappa shape index (κ1) is 18.3. The van der Waals surface area contributed by atoms with Gasteiger partial charge >= 0.3 is 0 Å². The number of rotatable bonds is 3. The monoisotopic (exact) mass is 424 g/mol. The number of hydrogen-bond acceptors (Lipinski definition) is 6. The molecule has 0 radical (unpaired) electrons. The zero-order valence-electron chi connectivity index (χ0n) is 15.3. The molecule has 4 heterocycles. The van der Waals surface area contributed by atoms with E-state index in [0.717, 1.165) is 29.2 Å². The average molecular weight is 425 g/mol. The molecule has 6 nitrogen and oxygen atoms in total. The first-order valence-corrected chi connectivity index (χ1v) is 10.4. The van der Waals surface area contributed by atoms with Gasteiger partial charge < -0.3 is 10.0 Å². The van der Waals surface area contributed by atoms with Gasteiger partial charge in [0.15, 0.2) is 0 Å². The molecule has 1 atom stereocenters. The van der Waals surface area contributed by atoms with Crippen LogP contribution >= 0.6 is 22.9 Å². The maximum absolute atomic E-state index is 13.1. The van der Waals surface area contributed by atoms with Gasteiger partial charge in [0.1, 0.15) is 16.8 Å². The Hall–Kier alpha value is -2.74. The van der Waals surface area contributed by atoms with Gasteiger partial charge in [-0.25, -0.2) is 9.97 Å². The fourth-order valence-corrected chi connectivity index (χ4v) is 4.68. The first-order valence-electron chi connectivity index (χ1n) is 9.25. The topological polar surface area (TPSA) is 71.2 Å². The van der Waals surface area contributed by atoms with Gasteiger partial charge in [0.05, 0.1) is 23.5 Å². The second-order valence-electron chi connectivity index (χ2n) is 7.01. The Morgan fingerprint density at radius 1 is 1.14 bits per heavy atom. The zero-order valence-corrected chi connectivity index (χ0v) is 16.9. The number of anilines is 1. The SMILES string of the molecule is O=c1c2sc(-c3ccc(Cl)cc3)cc2ncn1-c1ccc(N2CC[C@H](O)C2)nc1. The summed E-state index contributed by atoms with van der Waals surface area (Å²) in [4.78, 5) is 25.0. The smallest absolute Gasteiger partial charge is 0.275 e. The minimum absolute atomic E-state index is 0.119. The van der Waals surface area contributed by atoms with Crippen LogP contribution in [0.2, 0.25) is 5.02 Å². The molecule has 1 fully saturated rings. The van der Waals surface area contributed by atoms with Gasteiger partial charge in [0.2, 0.25) is 0 Å². The summed E-state index contributed by atoms with van der Waals surface area (Å²) in [6.07, 6.45) is 3.65. The van der Waals surface area contributed by atoms with Crippen molar-refractivity contribution in [1.29, 1.82) is 0 Å². The van der Waals surface area contributed by atoms with E-state index in [-0.39, 0.29) is 11.7 Å². The Morgan fingerprint density at radius 3 is 2.66 bits per heavy atom. The number of β-amino-alcohol motifs (C(OH)–C–C–N with tert-alkyl or cyclic N) is 1. The molecule has 1 saturated heterocycles. The molecule has 29 heavy (non-hydrogen) atoms. The molecule has 1 aromatic carbocycles. The number of aromatic nitrogens is 3. The minimum atomic E-state index is -0.306. The lowest BCUT2D eigenvalue weighted by molar-refractivity contribution is 0.198. The lowest BCUT2D eigenvalue weighted by Gasteiger charge is -2.16. The molecule has 5 rings (SSSR count). The maximum Gasteiger partial charge on any atom is 0.275 e. The third-order valence-corrected chi connectivity index (χ3v) is 6.48. The number of aliphatic hydroxyl groups excluding tert-OH is 1. The van der Waals surface area contributed by atoms with Crippen LogP contribution in [-0.4, -0.2) is 38.8 Å². The average Bonchev–Trinajstić information content (AvgIpc) is 3.36. The van der Waals surface area contributed by atoms with E-state index in [0.29, 0.717) is 27.5 Å². The summed E-state index contributed by atoms with van der Waals surface area (Å²) in [6.45, 7) is 1.37. The summed E-state index contributed by atoms with van der Waals surface area (Å²) in [5.74, 6) is 0.800. The van der Waals surface area contributed by atoms with Crippen molar-refractivity contribution < 1.29 is 5.11 Å². The maximum atomic E-state index is 13.1. The number of hydrogen-bond donors (Lipinski definition) is 1. The fourth-order valence-electron chi connectivity index (χ4n) is 3.51. The largest absolute Gasteiger partial charge is 0.391 e. The third kappa shape index (κ3) is 3.42. The van der Waals surface area contributed by atoms with Crippen LogP contribution in [0.3, 0.4) is 0 Å². The number of thiophene rings is 1. The van der Waals surface area contributed by atoms with Crippen LogP contribution in [0.5, 0.6) is 0 Å². The molecule has 3 aromatic heterocycles. The molecule has 0 unspecified atom stereocenters. The molecule has 4 aromatic rings. The molecule has 1 aliphatic rings. The van der Waals surface area contributed by atoms with Crippen LogP contribution in [0.15, 0.2) is 59.8 Å². The summed E-state index contributed by atoms with van der Waals surface area (Å²) < 4.78 is 2.12. The van der Waals surface area contributed by atoms with Gasteiger partial charge in [-0.3, -0.25) is 9.36 Å². The predicted octanol–water partition coefficient (Wildman–Crippen LogP) is 3.73. The highest BCUT2D eigenvalue weighted by Crippen LogP contribution is 2.31. The molecule has 0 bridgehead atoms. The fraction of sp³-hybridized carbons (Fsp3) is 0.190. The number of halogens is 1. The van der Waals surface area contributed by atoms with E-state index in [1.807, 2.05) is 47.4 Å². The van der Waals surface area contributed by atoms with Gasteiger partial charge in [-0.05, 0) is 42.3 Å². The molecule has 0 saturated carbocycles. The first-order chi connectivity index (χ1) is 14.1. The van der Waals surface area contributed by atoms with Crippen LogP contribution in [0, 0.1) is 0 Å². The van der Waals surface area contributed by atoms with E-state index < -0.39 is 0 Å². The Kier molecular flexibility index (Phi) is 4.58. The molecule has 0 aliphatic carbocycles. The van der Waals surface area contributed by atoms with E-state index in [4.69, 9.17) is 11.6 Å². The molecular weight excluding hydrogens is 408 g/mol. The second kappa shape index (κ2) is 7.26. The van der Waals surface area contributed by atoms with Crippen molar-refractivity contribution in [2.45, 2.75) is 12.5 Å². The quantitative estimate of drug-likeness (QED) is 0.542. The minimum Gasteiger partial charge on any atom is -0.391 e. The van der Waals surface area contributed by atoms with Crippen molar-refractivity contribution >= 4 is 39.0 Å². The highest BCUT2D eigenvalue weighted by Gasteiger charge is 2.21. The van der Waals surface area contributed by atoms with Crippen molar-refractivity contribution in [3.63, 3.8) is 0 Å². The molecule has 8 heteroatoms. The normalized spacial score (nSPS) is 16.6. The lowest BCUT2D eigenvalue weighted by atomic mass is 10.2. The standard InChI is InChI=1S/C21H17ClN4O2S/c22-14-3-1-13(2-4-14)18-9-17-20(29-18)21(28)26(12-24-17)15-5-6-19(23-10-15)25-8-7-16(27)11-25/h1-6,9-10,12,16,27H,7-8,11H2/t16-/m0/s1. The third-order valence-electron chi connectivity index (χ3n) is 5.06. The molecular formula is C21H17ClN4O2S. The van der Waals surface area contributed by atoms with Crippen molar-refractivity contribution in [2.75, 3.05) is 18.0 Å². The van der Waals surface area contributed by atoms with Crippen LogP contribution in [0.1, 0.15) is 6.42 Å². The summed E-state index contributed by atoms with van der Waals surface area (Å²) in [5.41, 5.74) is 2.22. The van der Waals surface area contributed by atoms with Crippen LogP contribution in [0.4, 0.5) is 5.82 Å². The highest BCUT2D eigenvalue weighted by atomic mass is 35.5. The summed E-state index contributed by atoms with van der Waals surface area (Å²) in [5, 5.41) is 10.4. The van der Waals surface area contributed by atoms with Gasteiger partial charge in [-0.15, -0.1) is 11.3 Å². The molecule has 0 amide bonds. The molecule has 1 aliphatic heterocycles. The number of benzene rings is 1. The Morgan fingerprint density at radius 2 is 1.97 bits per heavy atom. The van der Waals surface area contributed by atoms with E-state index in [2.05, 4.69) is 9.97 Å². The molecule has 146 valence electrons. The number of fused-ring (bicyclic) bond motifs is 1. The van der Waals surface area contributed by atoms with E-state index in [1.54, 1.807) is 12.5 Å². The summed E-state index contributed by atoms with van der Waals surface area (Å²) in [6, 6.07) is 13.2. The van der Waals surface area contributed by atoms with Gasteiger partial charge in [-0.1, -0.05) is 23.7 Å². The zero-order chi connectivity index (χ0) is 20.0. The van der Waals surface area contributed by atoms with Crippen molar-refractivity contribution in [2.24, 2.45) is 0 Å². The molecule has 0 spiro atoms. The van der Waals surface area contributed by atoms with Crippen LogP contribution in [-0.2, 0) is 0 Å². The van der Waals surface area contributed by atoms with Crippen molar-refractivity contribution in [3.8, 4) is 16.1 Å². The van der Waals surface area contributed by atoms with E-state index in [9.17, 15) is 9.90 Å². The van der Waals surface area contributed by atoms with Crippen LogP contribution in [0.25, 0.3) is 26.3 Å². The highest BCUT2D eigenvalue weighted by molar-refractivity contribution is 7.22. The predicted molar refractivity (Wildman–Crippen MR) is 116 cm³/mol. The lowest BCUT2D eigenvalue weighted by Crippen LogP contribution is -2.22. The summed E-state index contributed by atoms with van der Waals surface area (Å²) in [7, 11) is 0. The Balaban J connectivity index is 1.50. The van der Waals surface area contributed by atoms with Crippen molar-refractivity contribution in [1.82, 2.24) is 14.5 Å². The van der Waals surface area contributed by atoms with E-state index >= 15 is 0 Å². The van der Waals surface area contributed by atoms with Crippen LogP contribution < -0.4 is 10.5 Å². The van der Waals surface area contributed by atoms with Gasteiger partial charge in [0, 0.05) is 23.0 Å². The number of nitrogens with zero attached hydrogens (tertiary/aromatic N) is 4. The second-order valence-corrected chi connectivity index (χ2v) is 8.50. The molecule has 1 N–H and O–H groups in total. The Bertz CT molecular complexity index is 1230.